The van der Waals surface area contributed by atoms with Crippen molar-refractivity contribution in [3.63, 3.8) is 0 Å². The van der Waals surface area contributed by atoms with E-state index in [9.17, 15) is 14.0 Å². The van der Waals surface area contributed by atoms with Gasteiger partial charge in [-0.15, -0.1) is 0 Å². The molecule has 0 bridgehead atoms. The largest absolute Gasteiger partial charge is 0.343 e. The molecule has 1 aliphatic heterocycles. The van der Waals surface area contributed by atoms with E-state index < -0.39 is 11.7 Å². The van der Waals surface area contributed by atoms with Crippen LogP contribution >= 0.6 is 0 Å². The average molecular weight is 322 g/mol. The van der Waals surface area contributed by atoms with Crippen molar-refractivity contribution in [3.8, 4) is 0 Å². The molecule has 0 spiro atoms. The molecule has 120 valence electrons. The number of para-hydroxylation sites is 2. The van der Waals surface area contributed by atoms with Gasteiger partial charge in [0, 0.05) is 17.6 Å². The number of rotatable bonds is 2. The number of amides is 1. The summed E-state index contributed by atoms with van der Waals surface area (Å²) in [6, 6.07) is 11.6. The molecular formula is C19H15FN2O2. The molecule has 5 heteroatoms. The van der Waals surface area contributed by atoms with E-state index in [2.05, 4.69) is 5.32 Å². The molecule has 4 nitrogen and oxygen atoms in total. The average Bonchev–Trinajstić information content (AvgIpc) is 2.89. The van der Waals surface area contributed by atoms with Crippen LogP contribution in [0.1, 0.15) is 28.9 Å². The summed E-state index contributed by atoms with van der Waals surface area (Å²) >= 11 is 0. The second-order valence-corrected chi connectivity index (χ2v) is 6.08. The van der Waals surface area contributed by atoms with Gasteiger partial charge in [0.2, 0.25) is 5.43 Å². The van der Waals surface area contributed by atoms with Crippen molar-refractivity contribution in [2.24, 2.45) is 0 Å². The summed E-state index contributed by atoms with van der Waals surface area (Å²) in [5, 5.41) is 3.01. The highest BCUT2D eigenvalue weighted by Crippen LogP contribution is 2.31. The first kappa shape index (κ1) is 14.6. The Hall–Kier alpha value is -2.95. The van der Waals surface area contributed by atoms with Gasteiger partial charge < -0.3 is 9.88 Å². The number of nitrogens with one attached hydrogen (secondary N) is 1. The lowest BCUT2D eigenvalue weighted by molar-refractivity contribution is 0.102. The van der Waals surface area contributed by atoms with Crippen LogP contribution in [0.4, 0.5) is 10.1 Å². The van der Waals surface area contributed by atoms with Crippen LogP contribution in [-0.2, 0) is 6.42 Å². The molecule has 24 heavy (non-hydrogen) atoms. The lowest BCUT2D eigenvalue weighted by Crippen LogP contribution is -2.24. The van der Waals surface area contributed by atoms with Crippen molar-refractivity contribution in [1.29, 1.82) is 0 Å². The molecule has 1 aliphatic rings. The third kappa shape index (κ3) is 2.12. The van der Waals surface area contributed by atoms with Crippen LogP contribution in [0.3, 0.4) is 0 Å². The number of carbonyl (C=O) groups excluding carboxylic acids is 1. The van der Waals surface area contributed by atoms with Gasteiger partial charge in [0.15, 0.2) is 0 Å². The number of benzene rings is 2. The van der Waals surface area contributed by atoms with Gasteiger partial charge in [-0.1, -0.05) is 24.3 Å². The van der Waals surface area contributed by atoms with Gasteiger partial charge >= 0.3 is 0 Å². The van der Waals surface area contributed by atoms with Crippen molar-refractivity contribution < 1.29 is 9.18 Å². The van der Waals surface area contributed by atoms with Gasteiger partial charge in [0.05, 0.1) is 11.2 Å². The maximum absolute atomic E-state index is 13.7. The van der Waals surface area contributed by atoms with Crippen LogP contribution in [0, 0.1) is 5.82 Å². The number of pyridine rings is 1. The maximum atomic E-state index is 13.7. The minimum Gasteiger partial charge on any atom is -0.343 e. The highest BCUT2D eigenvalue weighted by Gasteiger charge is 2.24. The standard InChI is InChI=1S/C19H15FN2O2/c1-11-9-12-5-4-6-13-17(12)22(11)10-14(18(13)23)19(24)21-16-8-3-2-7-15(16)20/h2-8,10-11H,9H2,1H3,(H,21,24)/t11-/m1/s1. The van der Waals surface area contributed by atoms with E-state index in [0.29, 0.717) is 5.39 Å². The van der Waals surface area contributed by atoms with Crippen LogP contribution in [0.2, 0.25) is 0 Å². The molecule has 0 saturated heterocycles. The molecule has 1 amide bonds. The van der Waals surface area contributed by atoms with E-state index in [-0.39, 0.29) is 22.7 Å². The van der Waals surface area contributed by atoms with Gasteiger partial charge in [-0.2, -0.15) is 0 Å². The molecule has 1 N–H and O–H groups in total. The van der Waals surface area contributed by atoms with Crippen molar-refractivity contribution >= 4 is 22.5 Å². The number of carbonyl (C=O) groups is 1. The predicted molar refractivity (Wildman–Crippen MR) is 91.0 cm³/mol. The molecule has 0 saturated carbocycles. The molecular weight excluding hydrogens is 307 g/mol. The fourth-order valence-electron chi connectivity index (χ4n) is 3.33. The van der Waals surface area contributed by atoms with Crippen molar-refractivity contribution in [2.75, 3.05) is 5.32 Å². The van der Waals surface area contributed by atoms with E-state index >= 15 is 0 Å². The van der Waals surface area contributed by atoms with E-state index in [1.165, 1.54) is 12.1 Å². The molecule has 2 aromatic carbocycles. The molecule has 4 rings (SSSR count). The zero-order valence-corrected chi connectivity index (χ0v) is 13.0. The Labute approximate surface area is 137 Å². The lowest BCUT2D eigenvalue weighted by atomic mass is 10.1. The Bertz CT molecular complexity index is 1040. The fourth-order valence-corrected chi connectivity index (χ4v) is 3.33. The Morgan fingerprint density at radius 1 is 1.21 bits per heavy atom. The second-order valence-electron chi connectivity index (χ2n) is 6.08. The monoisotopic (exact) mass is 322 g/mol. The number of nitrogens with zero attached hydrogens (tertiary/aromatic N) is 1. The molecule has 1 atom stereocenters. The van der Waals surface area contributed by atoms with E-state index in [4.69, 9.17) is 0 Å². The quantitative estimate of drug-likeness (QED) is 0.785. The highest BCUT2D eigenvalue weighted by molar-refractivity contribution is 6.06. The topological polar surface area (TPSA) is 51.1 Å². The Morgan fingerprint density at radius 3 is 2.79 bits per heavy atom. The molecule has 1 aromatic heterocycles. The van der Waals surface area contributed by atoms with Gasteiger partial charge in [0.25, 0.3) is 5.91 Å². The number of halogens is 1. The molecule has 2 heterocycles. The van der Waals surface area contributed by atoms with Crippen molar-refractivity contribution in [1.82, 2.24) is 4.57 Å². The van der Waals surface area contributed by atoms with E-state index in [1.54, 1.807) is 24.4 Å². The summed E-state index contributed by atoms with van der Waals surface area (Å²) in [4.78, 5) is 25.2. The number of hydrogen-bond donors (Lipinski definition) is 1. The maximum Gasteiger partial charge on any atom is 0.261 e. The second kappa shape index (κ2) is 5.30. The van der Waals surface area contributed by atoms with E-state index in [1.807, 2.05) is 23.6 Å². The first-order valence-corrected chi connectivity index (χ1v) is 7.79. The molecule has 0 radical (unpaired) electrons. The molecule has 3 aromatic rings. The minimum absolute atomic E-state index is 0.0247. The van der Waals surface area contributed by atoms with Crippen molar-refractivity contribution in [2.45, 2.75) is 19.4 Å². The SMILES string of the molecule is C[C@@H]1Cc2cccc3c(=O)c(C(=O)Nc4ccccc4F)cn1c23. The normalized spacial score (nSPS) is 15.7. The van der Waals surface area contributed by atoms with Crippen molar-refractivity contribution in [3.05, 3.63) is 75.8 Å². The summed E-state index contributed by atoms with van der Waals surface area (Å²) in [6.45, 7) is 2.04. The Kier molecular flexibility index (Phi) is 3.23. The fraction of sp³-hybridized carbons (Fsp3) is 0.158. The van der Waals surface area contributed by atoms with Gasteiger partial charge in [-0.05, 0) is 37.1 Å². The third-order valence-corrected chi connectivity index (χ3v) is 4.49. The smallest absolute Gasteiger partial charge is 0.261 e. The van der Waals surface area contributed by atoms with Crippen LogP contribution in [-0.4, -0.2) is 10.5 Å². The number of aromatic nitrogens is 1. The summed E-state index contributed by atoms with van der Waals surface area (Å²) in [5.41, 5.74) is 1.75. The summed E-state index contributed by atoms with van der Waals surface area (Å²) in [5.74, 6) is -1.13. The van der Waals surface area contributed by atoms with Gasteiger partial charge in [0.1, 0.15) is 11.4 Å². The van der Waals surface area contributed by atoms with Crippen LogP contribution < -0.4 is 10.7 Å². The van der Waals surface area contributed by atoms with Gasteiger partial charge in [-0.25, -0.2) is 4.39 Å². The lowest BCUT2D eigenvalue weighted by Gasteiger charge is -2.13. The van der Waals surface area contributed by atoms with Crippen LogP contribution in [0.25, 0.3) is 10.9 Å². The minimum atomic E-state index is -0.597. The molecule has 0 fully saturated rings. The Morgan fingerprint density at radius 2 is 2.00 bits per heavy atom. The predicted octanol–water partition coefficient (Wildman–Crippen LogP) is 3.51. The number of anilines is 1. The molecule has 0 aliphatic carbocycles. The van der Waals surface area contributed by atoms with Crippen LogP contribution in [0.5, 0.6) is 0 Å². The number of hydrogen-bond acceptors (Lipinski definition) is 2. The van der Waals surface area contributed by atoms with Gasteiger partial charge in [-0.3, -0.25) is 9.59 Å². The first-order chi connectivity index (χ1) is 11.6. The summed E-state index contributed by atoms with van der Waals surface area (Å²) < 4.78 is 15.7. The summed E-state index contributed by atoms with van der Waals surface area (Å²) in [6.07, 6.45) is 2.41. The third-order valence-electron chi connectivity index (χ3n) is 4.49. The highest BCUT2D eigenvalue weighted by atomic mass is 19.1. The first-order valence-electron chi connectivity index (χ1n) is 7.79. The van der Waals surface area contributed by atoms with E-state index in [0.717, 1.165) is 17.5 Å². The zero-order valence-electron chi connectivity index (χ0n) is 13.0. The zero-order chi connectivity index (χ0) is 16.8. The van der Waals surface area contributed by atoms with Crippen LogP contribution in [0.15, 0.2) is 53.5 Å². The molecule has 0 unspecified atom stereocenters. The summed E-state index contributed by atoms with van der Waals surface area (Å²) in [7, 11) is 0. The Balaban J connectivity index is 1.84.